The summed E-state index contributed by atoms with van der Waals surface area (Å²) < 4.78 is 5.23. The van der Waals surface area contributed by atoms with Gasteiger partial charge in [-0.2, -0.15) is 0 Å². The van der Waals surface area contributed by atoms with Gasteiger partial charge in [0.25, 0.3) is 5.56 Å². The van der Waals surface area contributed by atoms with Crippen LogP contribution in [0.4, 0.5) is 0 Å². The van der Waals surface area contributed by atoms with E-state index in [2.05, 4.69) is 9.97 Å². The first-order chi connectivity index (χ1) is 16.1. The summed E-state index contributed by atoms with van der Waals surface area (Å²) in [6.07, 6.45) is 1.75. The lowest BCUT2D eigenvalue weighted by Gasteiger charge is -2.23. The minimum absolute atomic E-state index is 0.0307. The quantitative estimate of drug-likeness (QED) is 0.424. The van der Waals surface area contributed by atoms with Gasteiger partial charge in [-0.3, -0.25) is 9.59 Å². The number of ether oxygens (including phenoxy) is 1. The van der Waals surface area contributed by atoms with E-state index < -0.39 is 0 Å². The Morgan fingerprint density at radius 1 is 0.909 bits per heavy atom. The summed E-state index contributed by atoms with van der Waals surface area (Å²) in [7, 11) is 1.64. The van der Waals surface area contributed by atoms with Crippen LogP contribution in [-0.2, 0) is 24.2 Å². The first kappa shape index (κ1) is 22.3. The molecule has 168 valence electrons. The molecule has 0 saturated heterocycles. The van der Waals surface area contributed by atoms with Gasteiger partial charge in [0.15, 0.2) is 0 Å². The summed E-state index contributed by atoms with van der Waals surface area (Å²) in [5.41, 5.74) is 2.67. The highest BCUT2D eigenvalue weighted by Crippen LogP contribution is 2.14. The maximum Gasteiger partial charge on any atom is 0.258 e. The van der Waals surface area contributed by atoms with E-state index in [4.69, 9.17) is 4.74 Å². The number of carbonyl (C=O) groups is 1. The van der Waals surface area contributed by atoms with Crippen LogP contribution in [0.5, 0.6) is 5.75 Å². The summed E-state index contributed by atoms with van der Waals surface area (Å²) in [4.78, 5) is 34.9. The Morgan fingerprint density at radius 2 is 1.61 bits per heavy atom. The molecule has 0 aliphatic carbocycles. The third kappa shape index (κ3) is 5.86. The largest absolute Gasteiger partial charge is 0.497 e. The van der Waals surface area contributed by atoms with Crippen LogP contribution in [0.1, 0.15) is 23.4 Å². The zero-order valence-corrected chi connectivity index (χ0v) is 18.7. The molecule has 4 aromatic rings. The molecule has 0 atom stereocenters. The van der Waals surface area contributed by atoms with Crippen molar-refractivity contribution in [2.24, 2.45) is 0 Å². The number of carbonyl (C=O) groups excluding carboxylic acids is 1. The zero-order valence-electron chi connectivity index (χ0n) is 18.7. The van der Waals surface area contributed by atoms with Crippen molar-refractivity contribution in [3.05, 3.63) is 106 Å². The van der Waals surface area contributed by atoms with Gasteiger partial charge < -0.3 is 14.6 Å². The SMILES string of the molecule is COc1ccc(CCN(Cc2nc3ccccc3c(=O)[nH]2)C(=O)CCc2ccccc2)cc1. The molecule has 0 saturated carbocycles. The fourth-order valence-electron chi connectivity index (χ4n) is 3.79. The summed E-state index contributed by atoms with van der Waals surface area (Å²) in [5.74, 6) is 1.32. The Balaban J connectivity index is 1.51. The fraction of sp³-hybridized carbons (Fsp3) is 0.222. The minimum atomic E-state index is -0.192. The number of benzene rings is 3. The zero-order chi connectivity index (χ0) is 23.0. The number of nitrogens with one attached hydrogen (secondary N) is 1. The molecule has 1 N–H and O–H groups in total. The van der Waals surface area contributed by atoms with Gasteiger partial charge in [-0.05, 0) is 48.2 Å². The number of hydrogen-bond acceptors (Lipinski definition) is 4. The highest BCUT2D eigenvalue weighted by Gasteiger charge is 2.16. The second-order valence-electron chi connectivity index (χ2n) is 7.93. The van der Waals surface area contributed by atoms with Gasteiger partial charge in [-0.15, -0.1) is 0 Å². The number of methoxy groups -OCH3 is 1. The topological polar surface area (TPSA) is 75.3 Å². The van der Waals surface area contributed by atoms with Crippen molar-refractivity contribution in [2.45, 2.75) is 25.8 Å². The molecule has 33 heavy (non-hydrogen) atoms. The summed E-state index contributed by atoms with van der Waals surface area (Å²) >= 11 is 0. The lowest BCUT2D eigenvalue weighted by molar-refractivity contribution is -0.131. The van der Waals surface area contributed by atoms with Crippen molar-refractivity contribution in [3.63, 3.8) is 0 Å². The number of H-pyrrole nitrogens is 1. The lowest BCUT2D eigenvalue weighted by atomic mass is 10.1. The molecule has 0 unspecified atom stereocenters. The Labute approximate surface area is 192 Å². The number of fused-ring (bicyclic) bond motifs is 1. The molecule has 1 heterocycles. The highest BCUT2D eigenvalue weighted by atomic mass is 16.5. The molecule has 4 rings (SSSR count). The van der Waals surface area contributed by atoms with Crippen LogP contribution in [-0.4, -0.2) is 34.4 Å². The van der Waals surface area contributed by atoms with Crippen LogP contribution in [0.2, 0.25) is 0 Å². The summed E-state index contributed by atoms with van der Waals surface area (Å²) in [5, 5.41) is 0.543. The van der Waals surface area contributed by atoms with Gasteiger partial charge in [0, 0.05) is 13.0 Å². The summed E-state index contributed by atoms with van der Waals surface area (Å²) in [6.45, 7) is 0.778. The van der Waals surface area contributed by atoms with Crippen LogP contribution in [0.15, 0.2) is 83.7 Å². The average molecular weight is 442 g/mol. The Hall–Kier alpha value is -3.93. The molecule has 0 spiro atoms. The highest BCUT2D eigenvalue weighted by molar-refractivity contribution is 5.78. The predicted molar refractivity (Wildman–Crippen MR) is 129 cm³/mol. The third-order valence-corrected chi connectivity index (χ3v) is 5.66. The smallest absolute Gasteiger partial charge is 0.258 e. The van der Waals surface area contributed by atoms with E-state index in [-0.39, 0.29) is 18.0 Å². The standard InChI is InChI=1S/C27H27N3O3/c1-33-22-14-11-21(12-15-22)17-18-30(26(31)16-13-20-7-3-2-4-8-20)19-25-28-24-10-6-5-9-23(24)27(32)29-25/h2-12,14-15H,13,16-19H2,1H3,(H,28,29,32). The van der Waals surface area contributed by atoms with Gasteiger partial charge in [-0.1, -0.05) is 54.6 Å². The van der Waals surface area contributed by atoms with Crippen LogP contribution in [0.25, 0.3) is 10.9 Å². The monoisotopic (exact) mass is 441 g/mol. The first-order valence-electron chi connectivity index (χ1n) is 11.0. The Kier molecular flexibility index (Phi) is 7.15. The van der Waals surface area contributed by atoms with Crippen molar-refractivity contribution in [1.82, 2.24) is 14.9 Å². The molecule has 1 aromatic heterocycles. The van der Waals surface area contributed by atoms with Crippen molar-refractivity contribution in [2.75, 3.05) is 13.7 Å². The van der Waals surface area contributed by atoms with E-state index in [1.165, 1.54) is 0 Å². The number of nitrogens with zero attached hydrogens (tertiary/aromatic N) is 2. The van der Waals surface area contributed by atoms with Crippen LogP contribution >= 0.6 is 0 Å². The first-order valence-corrected chi connectivity index (χ1v) is 11.0. The van der Waals surface area contributed by atoms with Gasteiger partial charge >= 0.3 is 0 Å². The molecule has 6 nitrogen and oxygen atoms in total. The predicted octanol–water partition coefficient (Wildman–Crippen LogP) is 4.14. The Morgan fingerprint density at radius 3 is 2.36 bits per heavy atom. The molecular weight excluding hydrogens is 414 g/mol. The molecule has 0 aliphatic heterocycles. The number of hydrogen-bond donors (Lipinski definition) is 1. The van der Waals surface area contributed by atoms with E-state index in [0.717, 1.165) is 16.9 Å². The van der Waals surface area contributed by atoms with Crippen LogP contribution < -0.4 is 10.3 Å². The summed E-state index contributed by atoms with van der Waals surface area (Å²) in [6, 6.07) is 25.0. The molecular formula is C27H27N3O3. The van der Waals surface area contributed by atoms with Gasteiger partial charge in [0.1, 0.15) is 11.6 Å². The van der Waals surface area contributed by atoms with E-state index in [9.17, 15) is 9.59 Å². The molecule has 0 aliphatic rings. The number of aromatic nitrogens is 2. The number of aromatic amines is 1. The van der Waals surface area contributed by atoms with Crippen molar-refractivity contribution < 1.29 is 9.53 Å². The maximum atomic E-state index is 13.2. The second-order valence-corrected chi connectivity index (χ2v) is 7.93. The number of amides is 1. The second kappa shape index (κ2) is 10.6. The fourth-order valence-corrected chi connectivity index (χ4v) is 3.79. The minimum Gasteiger partial charge on any atom is -0.497 e. The van der Waals surface area contributed by atoms with Gasteiger partial charge in [0.05, 0.1) is 24.6 Å². The molecule has 3 aromatic carbocycles. The van der Waals surface area contributed by atoms with Crippen molar-refractivity contribution >= 4 is 16.8 Å². The average Bonchev–Trinajstić information content (AvgIpc) is 2.86. The molecule has 0 radical (unpaired) electrons. The maximum absolute atomic E-state index is 13.2. The van der Waals surface area contributed by atoms with E-state index >= 15 is 0 Å². The molecule has 6 heteroatoms. The number of aryl methyl sites for hydroxylation is 1. The van der Waals surface area contributed by atoms with Gasteiger partial charge in [-0.25, -0.2) is 4.98 Å². The van der Waals surface area contributed by atoms with Crippen molar-refractivity contribution in [1.29, 1.82) is 0 Å². The van der Waals surface area contributed by atoms with E-state index in [1.807, 2.05) is 72.8 Å². The van der Waals surface area contributed by atoms with Crippen LogP contribution in [0.3, 0.4) is 0 Å². The third-order valence-electron chi connectivity index (χ3n) is 5.66. The number of rotatable bonds is 9. The lowest BCUT2D eigenvalue weighted by Crippen LogP contribution is -2.34. The van der Waals surface area contributed by atoms with E-state index in [0.29, 0.717) is 42.5 Å². The molecule has 0 bridgehead atoms. The Bertz CT molecular complexity index is 1270. The van der Waals surface area contributed by atoms with Crippen molar-refractivity contribution in [3.8, 4) is 5.75 Å². The molecule has 0 fully saturated rings. The van der Waals surface area contributed by atoms with E-state index in [1.54, 1.807) is 18.1 Å². The van der Waals surface area contributed by atoms with Gasteiger partial charge in [0.2, 0.25) is 5.91 Å². The van der Waals surface area contributed by atoms with Crippen LogP contribution in [0, 0.1) is 0 Å². The number of para-hydroxylation sites is 1. The molecule has 1 amide bonds. The normalized spacial score (nSPS) is 10.8.